The summed E-state index contributed by atoms with van der Waals surface area (Å²) < 4.78 is 5.74. The van der Waals surface area contributed by atoms with Crippen LogP contribution in [0.15, 0.2) is 0 Å². The van der Waals surface area contributed by atoms with E-state index in [9.17, 15) is 5.26 Å². The summed E-state index contributed by atoms with van der Waals surface area (Å²) in [5.41, 5.74) is 5.59. The van der Waals surface area contributed by atoms with Gasteiger partial charge in [0.25, 0.3) is 0 Å². The standard InChI is InChI=1S/C13H23N3O/c1-2-12-8-16(6-3-7-17-12)10-13(15,9-14)11-4-5-11/h11-12H,2-8,10,15H2,1H3. The van der Waals surface area contributed by atoms with Crippen LogP contribution in [-0.4, -0.2) is 42.8 Å². The van der Waals surface area contributed by atoms with Crippen LogP contribution >= 0.6 is 0 Å². The molecule has 0 radical (unpaired) electrons. The third-order valence-electron chi connectivity index (χ3n) is 3.89. The van der Waals surface area contributed by atoms with Crippen molar-refractivity contribution in [2.75, 3.05) is 26.2 Å². The summed E-state index contributed by atoms with van der Waals surface area (Å²) >= 11 is 0. The first-order valence-corrected chi connectivity index (χ1v) is 6.72. The summed E-state index contributed by atoms with van der Waals surface area (Å²) in [6.07, 6.45) is 4.61. The van der Waals surface area contributed by atoms with E-state index < -0.39 is 5.54 Å². The lowest BCUT2D eigenvalue weighted by Gasteiger charge is -2.30. The smallest absolute Gasteiger partial charge is 0.119 e. The molecular weight excluding hydrogens is 214 g/mol. The van der Waals surface area contributed by atoms with E-state index in [1.807, 2.05) is 0 Å². The van der Waals surface area contributed by atoms with Gasteiger partial charge in [0.05, 0.1) is 12.2 Å². The Morgan fingerprint density at radius 1 is 1.53 bits per heavy atom. The van der Waals surface area contributed by atoms with Gasteiger partial charge in [0, 0.05) is 26.2 Å². The van der Waals surface area contributed by atoms with Crippen LogP contribution in [-0.2, 0) is 4.74 Å². The molecule has 4 nitrogen and oxygen atoms in total. The Balaban J connectivity index is 1.94. The molecule has 0 bridgehead atoms. The monoisotopic (exact) mass is 237 g/mol. The normalized spacial score (nSPS) is 30.3. The number of nitrogens with two attached hydrogens (primary N) is 1. The maximum Gasteiger partial charge on any atom is 0.119 e. The molecule has 2 aliphatic rings. The molecule has 0 spiro atoms. The van der Waals surface area contributed by atoms with Gasteiger partial charge in [-0.25, -0.2) is 0 Å². The highest BCUT2D eigenvalue weighted by Gasteiger charge is 2.43. The Labute approximate surface area is 104 Å². The first kappa shape index (κ1) is 12.8. The SMILES string of the molecule is CCC1CN(CC(N)(C#N)C2CC2)CCCO1. The van der Waals surface area contributed by atoms with E-state index in [2.05, 4.69) is 17.9 Å². The van der Waals surface area contributed by atoms with Gasteiger partial charge in [-0.3, -0.25) is 4.90 Å². The maximum atomic E-state index is 9.29. The van der Waals surface area contributed by atoms with Crippen LogP contribution in [0, 0.1) is 17.2 Å². The molecule has 0 aromatic carbocycles. The zero-order valence-corrected chi connectivity index (χ0v) is 10.7. The molecule has 96 valence electrons. The fraction of sp³-hybridized carbons (Fsp3) is 0.923. The fourth-order valence-corrected chi connectivity index (χ4v) is 2.58. The van der Waals surface area contributed by atoms with Gasteiger partial charge >= 0.3 is 0 Å². The van der Waals surface area contributed by atoms with Crippen molar-refractivity contribution in [3.8, 4) is 6.07 Å². The lowest BCUT2D eigenvalue weighted by atomic mass is 9.95. The molecule has 2 rings (SSSR count). The lowest BCUT2D eigenvalue weighted by Crippen LogP contribution is -2.52. The average molecular weight is 237 g/mol. The van der Waals surface area contributed by atoms with E-state index >= 15 is 0 Å². The van der Waals surface area contributed by atoms with Crippen molar-refractivity contribution in [1.82, 2.24) is 4.90 Å². The second-order valence-corrected chi connectivity index (χ2v) is 5.42. The van der Waals surface area contributed by atoms with Crippen LogP contribution in [0.4, 0.5) is 0 Å². The minimum absolute atomic E-state index is 0.305. The highest BCUT2D eigenvalue weighted by atomic mass is 16.5. The van der Waals surface area contributed by atoms with Gasteiger partial charge in [-0.15, -0.1) is 0 Å². The van der Waals surface area contributed by atoms with Crippen molar-refractivity contribution in [2.24, 2.45) is 11.7 Å². The van der Waals surface area contributed by atoms with Gasteiger partial charge in [-0.05, 0) is 31.6 Å². The van der Waals surface area contributed by atoms with E-state index in [0.717, 1.165) is 45.4 Å². The second kappa shape index (κ2) is 5.34. The highest BCUT2D eigenvalue weighted by molar-refractivity contribution is 5.14. The zero-order valence-electron chi connectivity index (χ0n) is 10.7. The van der Waals surface area contributed by atoms with Gasteiger partial charge in [0.15, 0.2) is 0 Å². The first-order chi connectivity index (χ1) is 8.18. The van der Waals surface area contributed by atoms with Crippen LogP contribution in [0.3, 0.4) is 0 Å². The van der Waals surface area contributed by atoms with Gasteiger partial charge in [-0.1, -0.05) is 6.92 Å². The Hall–Kier alpha value is -0.630. The van der Waals surface area contributed by atoms with Crippen LogP contribution in [0.25, 0.3) is 0 Å². The summed E-state index contributed by atoms with van der Waals surface area (Å²) in [5.74, 6) is 0.414. The molecular formula is C13H23N3O. The van der Waals surface area contributed by atoms with Crippen molar-refractivity contribution in [1.29, 1.82) is 5.26 Å². The van der Waals surface area contributed by atoms with Gasteiger partial charge < -0.3 is 10.5 Å². The van der Waals surface area contributed by atoms with E-state index in [0.29, 0.717) is 18.6 Å². The second-order valence-electron chi connectivity index (χ2n) is 5.42. The molecule has 2 fully saturated rings. The number of nitriles is 1. The predicted molar refractivity (Wildman–Crippen MR) is 66.3 cm³/mol. The first-order valence-electron chi connectivity index (χ1n) is 6.72. The molecule has 0 aromatic heterocycles. The van der Waals surface area contributed by atoms with E-state index in [1.165, 1.54) is 0 Å². The molecule has 0 amide bonds. The van der Waals surface area contributed by atoms with Crippen LogP contribution in [0.1, 0.15) is 32.6 Å². The summed E-state index contributed by atoms with van der Waals surface area (Å²) in [6.45, 7) is 5.61. The Bertz CT molecular complexity index is 298. The third kappa shape index (κ3) is 3.19. The lowest BCUT2D eigenvalue weighted by molar-refractivity contribution is 0.0497. The van der Waals surface area contributed by atoms with Crippen LogP contribution in [0.5, 0.6) is 0 Å². The van der Waals surface area contributed by atoms with Crippen molar-refractivity contribution in [3.63, 3.8) is 0 Å². The van der Waals surface area contributed by atoms with Crippen molar-refractivity contribution in [3.05, 3.63) is 0 Å². The maximum absolute atomic E-state index is 9.29. The molecule has 17 heavy (non-hydrogen) atoms. The molecule has 1 aliphatic heterocycles. The van der Waals surface area contributed by atoms with Crippen LogP contribution < -0.4 is 5.73 Å². The topological polar surface area (TPSA) is 62.3 Å². The van der Waals surface area contributed by atoms with Crippen molar-refractivity contribution in [2.45, 2.75) is 44.2 Å². The van der Waals surface area contributed by atoms with Crippen molar-refractivity contribution < 1.29 is 4.74 Å². The van der Waals surface area contributed by atoms with E-state index in [4.69, 9.17) is 10.5 Å². The zero-order chi connectivity index (χ0) is 12.3. The molecule has 2 unspecified atom stereocenters. The summed E-state index contributed by atoms with van der Waals surface area (Å²) in [7, 11) is 0. The third-order valence-corrected chi connectivity index (χ3v) is 3.89. The predicted octanol–water partition coefficient (Wildman–Crippen LogP) is 1.12. The summed E-state index contributed by atoms with van der Waals surface area (Å²) in [4.78, 5) is 2.32. The molecule has 1 aliphatic carbocycles. The van der Waals surface area contributed by atoms with E-state index in [1.54, 1.807) is 0 Å². The number of ether oxygens (including phenoxy) is 1. The Kier molecular flexibility index (Phi) is 4.03. The molecule has 4 heteroatoms. The molecule has 2 N–H and O–H groups in total. The quantitative estimate of drug-likeness (QED) is 0.796. The summed E-state index contributed by atoms with van der Waals surface area (Å²) in [6, 6.07) is 2.34. The highest BCUT2D eigenvalue weighted by Crippen LogP contribution is 2.38. The Morgan fingerprint density at radius 3 is 2.88 bits per heavy atom. The molecule has 0 aromatic rings. The molecule has 1 heterocycles. The van der Waals surface area contributed by atoms with Crippen molar-refractivity contribution >= 4 is 0 Å². The molecule has 1 saturated heterocycles. The Morgan fingerprint density at radius 2 is 2.29 bits per heavy atom. The van der Waals surface area contributed by atoms with Gasteiger partial charge in [0.2, 0.25) is 0 Å². The summed E-state index contributed by atoms with van der Waals surface area (Å²) in [5, 5.41) is 9.29. The number of hydrogen-bond donors (Lipinski definition) is 1. The van der Waals surface area contributed by atoms with Gasteiger partial charge in [-0.2, -0.15) is 5.26 Å². The van der Waals surface area contributed by atoms with Gasteiger partial charge in [0.1, 0.15) is 5.54 Å². The van der Waals surface area contributed by atoms with E-state index in [-0.39, 0.29) is 0 Å². The molecule has 2 atom stereocenters. The average Bonchev–Trinajstić information content (AvgIpc) is 3.16. The fourth-order valence-electron chi connectivity index (χ4n) is 2.58. The number of rotatable bonds is 4. The minimum atomic E-state index is -0.636. The van der Waals surface area contributed by atoms with Crippen LogP contribution in [0.2, 0.25) is 0 Å². The largest absolute Gasteiger partial charge is 0.377 e. The minimum Gasteiger partial charge on any atom is -0.377 e. The molecule has 1 saturated carbocycles. The number of nitrogens with zero attached hydrogens (tertiary/aromatic N) is 2. The number of hydrogen-bond acceptors (Lipinski definition) is 4.